The Morgan fingerprint density at radius 2 is 2.21 bits per heavy atom. The van der Waals surface area contributed by atoms with Crippen LogP contribution >= 0.6 is 0 Å². The van der Waals surface area contributed by atoms with Gasteiger partial charge in [0, 0.05) is 18.7 Å². The van der Waals surface area contributed by atoms with Crippen molar-refractivity contribution >= 4 is 11.9 Å². The molecule has 3 rings (SSSR count). The van der Waals surface area contributed by atoms with Crippen LogP contribution in [-0.4, -0.2) is 48.0 Å². The second-order valence-corrected chi connectivity index (χ2v) is 5.54. The van der Waals surface area contributed by atoms with Crippen molar-refractivity contribution in [3.63, 3.8) is 0 Å². The quantitative estimate of drug-likeness (QED) is 0.830. The maximum Gasteiger partial charge on any atom is 0.307 e. The van der Waals surface area contributed by atoms with Crippen molar-refractivity contribution in [3.05, 3.63) is 42.4 Å². The molecule has 2 aromatic rings. The van der Waals surface area contributed by atoms with Crippen molar-refractivity contribution in [2.45, 2.75) is 19.0 Å². The van der Waals surface area contributed by atoms with Gasteiger partial charge in [0.2, 0.25) is 11.8 Å². The Hall–Kier alpha value is -2.67. The number of methoxy groups -OCH3 is 1. The summed E-state index contributed by atoms with van der Waals surface area (Å²) in [6.07, 6.45) is 1.68. The normalized spacial score (nSPS) is 18.2. The number of aromatic nitrogens is 1. The van der Waals surface area contributed by atoms with E-state index in [1.54, 1.807) is 6.20 Å². The number of piperazine rings is 1. The van der Waals surface area contributed by atoms with Gasteiger partial charge in [-0.1, -0.05) is 30.3 Å². The molecule has 126 valence electrons. The van der Waals surface area contributed by atoms with Crippen LogP contribution in [0.5, 0.6) is 0 Å². The van der Waals surface area contributed by atoms with Gasteiger partial charge in [-0.15, -0.1) is 0 Å². The molecule has 0 radical (unpaired) electrons. The first-order valence-electron chi connectivity index (χ1n) is 7.76. The number of nitrogens with zero attached hydrogens (tertiary/aromatic N) is 2. The molecule has 1 aromatic carbocycles. The molecule has 0 unspecified atom stereocenters. The summed E-state index contributed by atoms with van der Waals surface area (Å²) in [5.41, 5.74) is 0.943. The van der Waals surface area contributed by atoms with Crippen molar-refractivity contribution in [1.82, 2.24) is 15.2 Å². The van der Waals surface area contributed by atoms with E-state index in [0.717, 1.165) is 5.56 Å². The molecule has 0 aliphatic carbocycles. The number of rotatable bonds is 5. The Balaban J connectivity index is 1.72. The van der Waals surface area contributed by atoms with Crippen molar-refractivity contribution < 1.29 is 18.7 Å². The van der Waals surface area contributed by atoms with Crippen molar-refractivity contribution in [3.8, 4) is 11.3 Å². The van der Waals surface area contributed by atoms with Gasteiger partial charge in [0.05, 0.1) is 26.3 Å². The van der Waals surface area contributed by atoms with Gasteiger partial charge in [0.1, 0.15) is 6.04 Å². The standard InChI is InChI=1S/C17H19N3O4/c1-23-16(21)9-13-17(22)18-7-8-20(13)11-15-19-10-14(24-15)12-5-3-2-4-6-12/h2-6,10,13H,7-9,11H2,1H3,(H,18,22)/t13-/m1/s1. The molecule has 1 aromatic heterocycles. The largest absolute Gasteiger partial charge is 0.469 e. The lowest BCUT2D eigenvalue weighted by molar-refractivity contribution is -0.146. The second kappa shape index (κ2) is 7.27. The highest BCUT2D eigenvalue weighted by Gasteiger charge is 2.32. The molecule has 2 heterocycles. The van der Waals surface area contributed by atoms with Crippen LogP contribution in [0.25, 0.3) is 11.3 Å². The molecule has 24 heavy (non-hydrogen) atoms. The number of hydrogen-bond acceptors (Lipinski definition) is 6. The summed E-state index contributed by atoms with van der Waals surface area (Å²) in [7, 11) is 1.31. The third-order valence-corrected chi connectivity index (χ3v) is 3.98. The molecule has 1 amide bonds. The van der Waals surface area contributed by atoms with E-state index in [2.05, 4.69) is 15.0 Å². The van der Waals surface area contributed by atoms with Gasteiger partial charge in [-0.2, -0.15) is 0 Å². The summed E-state index contributed by atoms with van der Waals surface area (Å²) < 4.78 is 10.5. The second-order valence-electron chi connectivity index (χ2n) is 5.54. The zero-order valence-electron chi connectivity index (χ0n) is 13.4. The van der Waals surface area contributed by atoms with Gasteiger partial charge >= 0.3 is 5.97 Å². The number of oxazole rings is 1. The third kappa shape index (κ3) is 3.62. The Kier molecular flexibility index (Phi) is 4.90. The van der Waals surface area contributed by atoms with Gasteiger partial charge in [-0.3, -0.25) is 14.5 Å². The molecule has 0 spiro atoms. The minimum absolute atomic E-state index is 0.00852. The maximum atomic E-state index is 12.1. The molecule has 1 aliphatic heterocycles. The Morgan fingerprint density at radius 1 is 1.42 bits per heavy atom. The van der Waals surface area contributed by atoms with Crippen molar-refractivity contribution in [2.75, 3.05) is 20.2 Å². The van der Waals surface area contributed by atoms with E-state index in [1.165, 1.54) is 7.11 Å². The van der Waals surface area contributed by atoms with Crippen LogP contribution in [0.2, 0.25) is 0 Å². The number of ether oxygens (including phenoxy) is 1. The van der Waals surface area contributed by atoms with E-state index in [0.29, 0.717) is 31.3 Å². The van der Waals surface area contributed by atoms with Gasteiger partial charge in [-0.25, -0.2) is 4.98 Å². The number of esters is 1. The Labute approximate surface area is 139 Å². The maximum absolute atomic E-state index is 12.1. The first kappa shape index (κ1) is 16.2. The fourth-order valence-corrected chi connectivity index (χ4v) is 2.71. The van der Waals surface area contributed by atoms with E-state index < -0.39 is 12.0 Å². The first-order valence-corrected chi connectivity index (χ1v) is 7.76. The lowest BCUT2D eigenvalue weighted by atomic mass is 10.1. The van der Waals surface area contributed by atoms with E-state index in [1.807, 2.05) is 35.2 Å². The molecule has 7 nitrogen and oxygen atoms in total. The minimum atomic E-state index is -0.571. The molecule has 0 saturated carbocycles. The first-order chi connectivity index (χ1) is 11.7. The number of amides is 1. The number of hydrogen-bond donors (Lipinski definition) is 1. The van der Waals surface area contributed by atoms with E-state index in [9.17, 15) is 9.59 Å². The Bertz CT molecular complexity index is 714. The van der Waals surface area contributed by atoms with Crippen LogP contribution < -0.4 is 5.32 Å². The van der Waals surface area contributed by atoms with Gasteiger partial charge in [0.15, 0.2) is 5.76 Å². The van der Waals surface area contributed by atoms with Crippen LogP contribution in [-0.2, 0) is 20.9 Å². The number of benzene rings is 1. The zero-order chi connectivity index (χ0) is 16.9. The van der Waals surface area contributed by atoms with Crippen molar-refractivity contribution in [2.24, 2.45) is 0 Å². The molecular formula is C17H19N3O4. The number of carbonyl (C=O) groups is 2. The monoisotopic (exact) mass is 329 g/mol. The predicted octanol–water partition coefficient (Wildman–Crippen LogP) is 1.21. The van der Waals surface area contributed by atoms with Gasteiger partial charge in [-0.05, 0) is 0 Å². The third-order valence-electron chi connectivity index (χ3n) is 3.98. The van der Waals surface area contributed by atoms with E-state index in [-0.39, 0.29) is 12.3 Å². The number of nitrogens with one attached hydrogen (secondary N) is 1. The smallest absolute Gasteiger partial charge is 0.307 e. The van der Waals surface area contributed by atoms with E-state index >= 15 is 0 Å². The zero-order valence-corrected chi connectivity index (χ0v) is 13.4. The summed E-state index contributed by atoms with van der Waals surface area (Å²) in [6, 6.07) is 9.11. The summed E-state index contributed by atoms with van der Waals surface area (Å²) in [4.78, 5) is 29.8. The highest BCUT2D eigenvalue weighted by molar-refractivity contribution is 5.87. The molecule has 1 fully saturated rings. The molecular weight excluding hydrogens is 310 g/mol. The molecule has 1 saturated heterocycles. The predicted molar refractivity (Wildman–Crippen MR) is 85.8 cm³/mol. The average Bonchev–Trinajstić information content (AvgIpc) is 3.07. The fraction of sp³-hybridized carbons (Fsp3) is 0.353. The summed E-state index contributed by atoms with van der Waals surface area (Å²) >= 11 is 0. The molecule has 0 bridgehead atoms. The number of carbonyl (C=O) groups excluding carboxylic acids is 2. The van der Waals surface area contributed by atoms with Crippen LogP contribution in [0.4, 0.5) is 0 Å². The minimum Gasteiger partial charge on any atom is -0.469 e. The summed E-state index contributed by atoms with van der Waals surface area (Å²) in [5.74, 6) is 0.593. The summed E-state index contributed by atoms with van der Waals surface area (Å²) in [5, 5.41) is 2.77. The molecule has 1 N–H and O–H groups in total. The Morgan fingerprint density at radius 3 is 2.96 bits per heavy atom. The van der Waals surface area contributed by atoms with Gasteiger partial charge in [0.25, 0.3) is 0 Å². The van der Waals surface area contributed by atoms with E-state index in [4.69, 9.17) is 4.42 Å². The highest BCUT2D eigenvalue weighted by atomic mass is 16.5. The van der Waals surface area contributed by atoms with Crippen LogP contribution in [0.1, 0.15) is 12.3 Å². The molecule has 1 aliphatic rings. The SMILES string of the molecule is COC(=O)C[C@@H]1C(=O)NCCN1Cc1ncc(-c2ccccc2)o1. The average molecular weight is 329 g/mol. The van der Waals surface area contributed by atoms with Crippen LogP contribution in [0, 0.1) is 0 Å². The van der Waals surface area contributed by atoms with Crippen LogP contribution in [0.15, 0.2) is 40.9 Å². The topological polar surface area (TPSA) is 84.7 Å². The lowest BCUT2D eigenvalue weighted by Gasteiger charge is -2.33. The molecule has 7 heteroatoms. The fourth-order valence-electron chi connectivity index (χ4n) is 2.71. The molecule has 1 atom stereocenters. The highest BCUT2D eigenvalue weighted by Crippen LogP contribution is 2.21. The lowest BCUT2D eigenvalue weighted by Crippen LogP contribution is -2.55. The summed E-state index contributed by atoms with van der Waals surface area (Å²) in [6.45, 7) is 1.52. The van der Waals surface area contributed by atoms with Crippen molar-refractivity contribution in [1.29, 1.82) is 0 Å². The van der Waals surface area contributed by atoms with Gasteiger partial charge < -0.3 is 14.5 Å². The van der Waals surface area contributed by atoms with Crippen LogP contribution in [0.3, 0.4) is 0 Å².